The Morgan fingerprint density at radius 3 is 2.59 bits per heavy atom. The Morgan fingerprint density at radius 1 is 0.941 bits per heavy atom. The standard InChI is InChI=1S/C16H16O/c1-2-6-13(7-3-1)10-11-16-15-9-5-4-8-14(15)12-17-16/h1-9,16H,10-12H2. The highest BCUT2D eigenvalue weighted by molar-refractivity contribution is 5.31. The summed E-state index contributed by atoms with van der Waals surface area (Å²) in [6, 6.07) is 19.2. The van der Waals surface area contributed by atoms with E-state index in [1.165, 1.54) is 16.7 Å². The van der Waals surface area contributed by atoms with Gasteiger partial charge in [0.2, 0.25) is 0 Å². The van der Waals surface area contributed by atoms with Gasteiger partial charge < -0.3 is 4.74 Å². The largest absolute Gasteiger partial charge is 0.369 e. The van der Waals surface area contributed by atoms with Crippen LogP contribution in [0.15, 0.2) is 54.6 Å². The molecule has 0 saturated carbocycles. The van der Waals surface area contributed by atoms with Crippen LogP contribution in [0, 0.1) is 0 Å². The third-order valence-electron chi connectivity index (χ3n) is 3.38. The smallest absolute Gasteiger partial charge is 0.0836 e. The number of rotatable bonds is 3. The van der Waals surface area contributed by atoms with E-state index in [9.17, 15) is 0 Å². The van der Waals surface area contributed by atoms with Crippen molar-refractivity contribution in [3.05, 3.63) is 71.3 Å². The van der Waals surface area contributed by atoms with Crippen molar-refractivity contribution >= 4 is 0 Å². The summed E-state index contributed by atoms with van der Waals surface area (Å²) in [6.45, 7) is 0.773. The Morgan fingerprint density at radius 2 is 1.71 bits per heavy atom. The molecular formula is C16H16O. The maximum Gasteiger partial charge on any atom is 0.0836 e. The van der Waals surface area contributed by atoms with Gasteiger partial charge in [0.05, 0.1) is 12.7 Å². The molecule has 0 spiro atoms. The third-order valence-corrected chi connectivity index (χ3v) is 3.38. The zero-order valence-corrected chi connectivity index (χ0v) is 9.80. The molecule has 1 unspecified atom stereocenters. The van der Waals surface area contributed by atoms with Crippen LogP contribution >= 0.6 is 0 Å². The second kappa shape index (κ2) is 4.72. The third kappa shape index (κ3) is 2.25. The summed E-state index contributed by atoms with van der Waals surface area (Å²) in [5.41, 5.74) is 4.12. The molecular weight excluding hydrogens is 208 g/mol. The maximum absolute atomic E-state index is 5.85. The van der Waals surface area contributed by atoms with Crippen LogP contribution < -0.4 is 0 Å². The van der Waals surface area contributed by atoms with Crippen LogP contribution in [0.1, 0.15) is 29.2 Å². The zero-order chi connectivity index (χ0) is 11.5. The van der Waals surface area contributed by atoms with Crippen molar-refractivity contribution < 1.29 is 4.74 Å². The van der Waals surface area contributed by atoms with E-state index < -0.39 is 0 Å². The van der Waals surface area contributed by atoms with Crippen molar-refractivity contribution in [3.63, 3.8) is 0 Å². The maximum atomic E-state index is 5.85. The van der Waals surface area contributed by atoms with Gasteiger partial charge in [-0.2, -0.15) is 0 Å². The summed E-state index contributed by atoms with van der Waals surface area (Å²) >= 11 is 0. The molecule has 0 fully saturated rings. The summed E-state index contributed by atoms with van der Waals surface area (Å²) < 4.78 is 5.85. The van der Waals surface area contributed by atoms with E-state index in [-0.39, 0.29) is 6.10 Å². The molecule has 3 rings (SSSR count). The van der Waals surface area contributed by atoms with Gasteiger partial charge in [0, 0.05) is 0 Å². The summed E-state index contributed by atoms with van der Waals surface area (Å²) in [4.78, 5) is 0. The van der Waals surface area contributed by atoms with Gasteiger partial charge in [-0.1, -0.05) is 54.6 Å². The average Bonchev–Trinajstić information content (AvgIpc) is 2.81. The lowest BCUT2D eigenvalue weighted by Crippen LogP contribution is -1.98. The van der Waals surface area contributed by atoms with Gasteiger partial charge in [0.1, 0.15) is 0 Å². The lowest BCUT2D eigenvalue weighted by molar-refractivity contribution is 0.0604. The fraction of sp³-hybridized carbons (Fsp3) is 0.250. The fourth-order valence-electron chi connectivity index (χ4n) is 2.44. The van der Waals surface area contributed by atoms with Crippen LogP contribution in [-0.2, 0) is 17.8 Å². The number of benzene rings is 2. The van der Waals surface area contributed by atoms with Gasteiger partial charge in [-0.25, -0.2) is 0 Å². The Balaban J connectivity index is 1.68. The molecule has 1 aliphatic heterocycles. The van der Waals surface area contributed by atoms with E-state index in [1.807, 2.05) is 0 Å². The van der Waals surface area contributed by atoms with Crippen LogP contribution in [0.2, 0.25) is 0 Å². The molecule has 0 bridgehead atoms. The van der Waals surface area contributed by atoms with Gasteiger partial charge in [-0.05, 0) is 29.5 Å². The first kappa shape index (κ1) is 10.5. The summed E-state index contributed by atoms with van der Waals surface area (Å²) in [7, 11) is 0. The molecule has 0 aliphatic carbocycles. The first-order valence-corrected chi connectivity index (χ1v) is 6.17. The molecule has 0 N–H and O–H groups in total. The number of fused-ring (bicyclic) bond motifs is 1. The highest BCUT2D eigenvalue weighted by atomic mass is 16.5. The molecule has 1 nitrogen and oxygen atoms in total. The van der Waals surface area contributed by atoms with Crippen molar-refractivity contribution in [2.24, 2.45) is 0 Å². The first-order chi connectivity index (χ1) is 8.43. The SMILES string of the molecule is c1ccc(CCC2OCc3ccccc32)cc1. The molecule has 17 heavy (non-hydrogen) atoms. The Kier molecular flexibility index (Phi) is 2.93. The summed E-state index contributed by atoms with van der Waals surface area (Å²) in [5, 5.41) is 0. The number of hydrogen-bond donors (Lipinski definition) is 0. The van der Waals surface area contributed by atoms with Crippen molar-refractivity contribution in [2.75, 3.05) is 0 Å². The van der Waals surface area contributed by atoms with E-state index in [2.05, 4.69) is 54.6 Å². The van der Waals surface area contributed by atoms with Gasteiger partial charge in [0.15, 0.2) is 0 Å². The van der Waals surface area contributed by atoms with Crippen LogP contribution in [0.4, 0.5) is 0 Å². The van der Waals surface area contributed by atoms with Crippen LogP contribution in [0.5, 0.6) is 0 Å². The van der Waals surface area contributed by atoms with Crippen molar-refractivity contribution in [1.82, 2.24) is 0 Å². The molecule has 0 amide bonds. The second-order valence-corrected chi connectivity index (χ2v) is 4.52. The first-order valence-electron chi connectivity index (χ1n) is 6.17. The molecule has 0 radical (unpaired) electrons. The lowest BCUT2D eigenvalue weighted by Gasteiger charge is -2.10. The molecule has 0 saturated heterocycles. The van der Waals surface area contributed by atoms with Gasteiger partial charge in [0.25, 0.3) is 0 Å². The Bertz CT molecular complexity index is 490. The molecule has 86 valence electrons. The highest BCUT2D eigenvalue weighted by Gasteiger charge is 2.21. The topological polar surface area (TPSA) is 9.23 Å². The minimum absolute atomic E-state index is 0.284. The van der Waals surface area contributed by atoms with Gasteiger partial charge >= 0.3 is 0 Å². The fourth-order valence-corrected chi connectivity index (χ4v) is 2.44. The lowest BCUT2D eigenvalue weighted by atomic mass is 10.00. The van der Waals surface area contributed by atoms with E-state index in [0.29, 0.717) is 0 Å². The normalized spacial score (nSPS) is 18.0. The van der Waals surface area contributed by atoms with Crippen LogP contribution in [0.25, 0.3) is 0 Å². The number of ether oxygens (including phenoxy) is 1. The molecule has 0 aromatic heterocycles. The van der Waals surface area contributed by atoms with E-state index >= 15 is 0 Å². The molecule has 2 aromatic rings. The van der Waals surface area contributed by atoms with Crippen molar-refractivity contribution in [2.45, 2.75) is 25.6 Å². The number of aryl methyl sites for hydroxylation is 1. The van der Waals surface area contributed by atoms with Crippen molar-refractivity contribution in [1.29, 1.82) is 0 Å². The van der Waals surface area contributed by atoms with Gasteiger partial charge in [-0.15, -0.1) is 0 Å². The predicted octanol–water partition coefficient (Wildman–Crippen LogP) is 3.89. The molecule has 1 atom stereocenters. The quantitative estimate of drug-likeness (QED) is 0.768. The second-order valence-electron chi connectivity index (χ2n) is 4.52. The molecule has 2 aromatic carbocycles. The van der Waals surface area contributed by atoms with Crippen LogP contribution in [-0.4, -0.2) is 0 Å². The zero-order valence-electron chi connectivity index (χ0n) is 9.80. The van der Waals surface area contributed by atoms with E-state index in [1.54, 1.807) is 0 Å². The average molecular weight is 224 g/mol. The van der Waals surface area contributed by atoms with E-state index in [0.717, 1.165) is 19.4 Å². The summed E-state index contributed by atoms with van der Waals surface area (Å²) in [5.74, 6) is 0. The molecule has 1 heteroatoms. The predicted molar refractivity (Wildman–Crippen MR) is 68.7 cm³/mol. The molecule has 1 aliphatic rings. The minimum atomic E-state index is 0.284. The summed E-state index contributed by atoms with van der Waals surface area (Å²) in [6.07, 6.45) is 2.44. The minimum Gasteiger partial charge on any atom is -0.369 e. The Labute approximate surface area is 102 Å². The number of hydrogen-bond acceptors (Lipinski definition) is 1. The molecule has 1 heterocycles. The highest BCUT2D eigenvalue weighted by Crippen LogP contribution is 2.33. The van der Waals surface area contributed by atoms with Crippen molar-refractivity contribution in [3.8, 4) is 0 Å². The van der Waals surface area contributed by atoms with Crippen LogP contribution in [0.3, 0.4) is 0 Å². The van der Waals surface area contributed by atoms with E-state index in [4.69, 9.17) is 4.74 Å². The van der Waals surface area contributed by atoms with Gasteiger partial charge in [-0.3, -0.25) is 0 Å². The Hall–Kier alpha value is -1.60. The monoisotopic (exact) mass is 224 g/mol.